The standard InChI is InChI=1S/C11H13ClN4/c12-8-2-3-9-14-10(15-16(9)6-8)11(7-13)4-1-5-11/h2-3,6H,1,4-5,7,13H2. The lowest BCUT2D eigenvalue weighted by atomic mass is 9.68. The molecule has 1 aliphatic carbocycles. The SMILES string of the molecule is NCC1(c2nc3ccc(Cl)cn3n2)CCC1. The Bertz CT molecular complexity index is 524. The summed E-state index contributed by atoms with van der Waals surface area (Å²) >= 11 is 5.91. The summed E-state index contributed by atoms with van der Waals surface area (Å²) < 4.78 is 1.73. The first-order valence-electron chi connectivity index (χ1n) is 5.46. The average Bonchev–Trinajstić information content (AvgIpc) is 2.60. The van der Waals surface area contributed by atoms with Crippen LogP contribution in [0, 0.1) is 0 Å². The highest BCUT2D eigenvalue weighted by Crippen LogP contribution is 2.41. The monoisotopic (exact) mass is 236 g/mol. The van der Waals surface area contributed by atoms with Gasteiger partial charge < -0.3 is 5.73 Å². The van der Waals surface area contributed by atoms with E-state index in [1.807, 2.05) is 12.1 Å². The van der Waals surface area contributed by atoms with Gasteiger partial charge in [-0.1, -0.05) is 18.0 Å². The first-order chi connectivity index (χ1) is 7.73. The van der Waals surface area contributed by atoms with Crippen molar-refractivity contribution in [2.45, 2.75) is 24.7 Å². The second-order valence-electron chi connectivity index (χ2n) is 4.42. The second kappa shape index (κ2) is 3.43. The number of aromatic nitrogens is 3. The third-order valence-corrected chi connectivity index (χ3v) is 3.69. The molecule has 0 aliphatic heterocycles. The molecule has 16 heavy (non-hydrogen) atoms. The number of rotatable bonds is 2. The van der Waals surface area contributed by atoms with Crippen molar-refractivity contribution < 1.29 is 0 Å². The highest BCUT2D eigenvalue weighted by Gasteiger charge is 2.41. The maximum atomic E-state index is 5.91. The Hall–Kier alpha value is -1.13. The molecule has 3 rings (SSSR count). The fourth-order valence-electron chi connectivity index (χ4n) is 2.21. The fourth-order valence-corrected chi connectivity index (χ4v) is 2.36. The number of hydrogen-bond acceptors (Lipinski definition) is 3. The number of hydrogen-bond donors (Lipinski definition) is 1. The van der Waals surface area contributed by atoms with Gasteiger partial charge in [0.25, 0.3) is 0 Å². The lowest BCUT2D eigenvalue weighted by Gasteiger charge is -2.38. The number of nitrogens with zero attached hydrogens (tertiary/aromatic N) is 3. The van der Waals surface area contributed by atoms with Gasteiger partial charge in [0.15, 0.2) is 11.5 Å². The van der Waals surface area contributed by atoms with E-state index in [1.165, 1.54) is 6.42 Å². The molecule has 2 aromatic heterocycles. The van der Waals surface area contributed by atoms with Crippen LogP contribution in [0.5, 0.6) is 0 Å². The molecule has 0 atom stereocenters. The lowest BCUT2D eigenvalue weighted by molar-refractivity contribution is 0.238. The summed E-state index contributed by atoms with van der Waals surface area (Å²) in [6.45, 7) is 0.623. The second-order valence-corrected chi connectivity index (χ2v) is 4.86. The molecule has 2 heterocycles. The summed E-state index contributed by atoms with van der Waals surface area (Å²) in [6, 6.07) is 3.70. The first kappa shape index (κ1) is 10.1. The number of pyridine rings is 1. The van der Waals surface area contributed by atoms with Crippen LogP contribution >= 0.6 is 11.6 Å². The van der Waals surface area contributed by atoms with Gasteiger partial charge >= 0.3 is 0 Å². The Morgan fingerprint density at radius 3 is 2.88 bits per heavy atom. The van der Waals surface area contributed by atoms with E-state index in [0.29, 0.717) is 11.6 Å². The van der Waals surface area contributed by atoms with Gasteiger partial charge in [0.2, 0.25) is 0 Å². The van der Waals surface area contributed by atoms with E-state index < -0.39 is 0 Å². The molecule has 4 nitrogen and oxygen atoms in total. The van der Waals surface area contributed by atoms with E-state index in [2.05, 4.69) is 10.1 Å². The fraction of sp³-hybridized carbons (Fsp3) is 0.455. The van der Waals surface area contributed by atoms with Crippen molar-refractivity contribution in [2.24, 2.45) is 5.73 Å². The molecule has 0 unspecified atom stereocenters. The summed E-state index contributed by atoms with van der Waals surface area (Å²) in [6.07, 6.45) is 5.17. The smallest absolute Gasteiger partial charge is 0.159 e. The van der Waals surface area contributed by atoms with Crippen LogP contribution in [0.4, 0.5) is 0 Å². The van der Waals surface area contributed by atoms with Crippen LogP contribution in [0.1, 0.15) is 25.1 Å². The third kappa shape index (κ3) is 1.33. The Morgan fingerprint density at radius 1 is 1.44 bits per heavy atom. The van der Waals surface area contributed by atoms with Crippen LogP contribution in [0.2, 0.25) is 5.02 Å². The van der Waals surface area contributed by atoms with E-state index in [4.69, 9.17) is 17.3 Å². The zero-order valence-corrected chi connectivity index (χ0v) is 9.61. The predicted molar refractivity (Wildman–Crippen MR) is 62.6 cm³/mol. The summed E-state index contributed by atoms with van der Waals surface area (Å²) in [7, 11) is 0. The minimum Gasteiger partial charge on any atom is -0.329 e. The summed E-state index contributed by atoms with van der Waals surface area (Å²) in [4.78, 5) is 4.53. The molecule has 5 heteroatoms. The van der Waals surface area contributed by atoms with Gasteiger partial charge in [-0.25, -0.2) is 9.50 Å². The van der Waals surface area contributed by atoms with Crippen LogP contribution in [0.15, 0.2) is 18.3 Å². The summed E-state index contributed by atoms with van der Waals surface area (Å²) in [5.41, 5.74) is 6.68. The van der Waals surface area contributed by atoms with Crippen LogP contribution in [-0.2, 0) is 5.41 Å². The van der Waals surface area contributed by atoms with Crippen molar-refractivity contribution in [1.29, 1.82) is 0 Å². The van der Waals surface area contributed by atoms with Crippen molar-refractivity contribution in [1.82, 2.24) is 14.6 Å². The van der Waals surface area contributed by atoms with Crippen molar-refractivity contribution in [3.05, 3.63) is 29.2 Å². The zero-order valence-electron chi connectivity index (χ0n) is 8.86. The molecule has 0 amide bonds. The first-order valence-corrected chi connectivity index (χ1v) is 5.84. The molecule has 1 fully saturated rings. The van der Waals surface area contributed by atoms with Gasteiger partial charge in [-0.15, -0.1) is 0 Å². The van der Waals surface area contributed by atoms with Crippen molar-refractivity contribution in [3.8, 4) is 0 Å². The van der Waals surface area contributed by atoms with E-state index in [-0.39, 0.29) is 5.41 Å². The molecule has 0 aromatic carbocycles. The van der Waals surface area contributed by atoms with Crippen molar-refractivity contribution in [2.75, 3.05) is 6.54 Å². The van der Waals surface area contributed by atoms with Gasteiger partial charge in [0.05, 0.1) is 5.02 Å². The largest absolute Gasteiger partial charge is 0.329 e. The molecular weight excluding hydrogens is 224 g/mol. The lowest BCUT2D eigenvalue weighted by Crippen LogP contribution is -2.42. The Morgan fingerprint density at radius 2 is 2.25 bits per heavy atom. The quantitative estimate of drug-likeness (QED) is 0.865. The molecule has 0 radical (unpaired) electrons. The van der Waals surface area contributed by atoms with Gasteiger partial charge in [0, 0.05) is 18.2 Å². The van der Waals surface area contributed by atoms with Gasteiger partial charge in [-0.3, -0.25) is 0 Å². The molecule has 0 spiro atoms. The predicted octanol–water partition coefficient (Wildman–Crippen LogP) is 1.76. The molecule has 1 saturated carbocycles. The average molecular weight is 237 g/mol. The Kier molecular flexibility index (Phi) is 2.16. The van der Waals surface area contributed by atoms with E-state index in [9.17, 15) is 0 Å². The number of halogens is 1. The van der Waals surface area contributed by atoms with Crippen LogP contribution in [0.25, 0.3) is 5.65 Å². The maximum Gasteiger partial charge on any atom is 0.159 e. The van der Waals surface area contributed by atoms with Gasteiger partial charge in [-0.2, -0.15) is 5.10 Å². The van der Waals surface area contributed by atoms with Crippen LogP contribution in [0.3, 0.4) is 0 Å². The van der Waals surface area contributed by atoms with Gasteiger partial charge in [-0.05, 0) is 25.0 Å². The molecule has 84 valence electrons. The van der Waals surface area contributed by atoms with Crippen molar-refractivity contribution in [3.63, 3.8) is 0 Å². The molecule has 2 aromatic rings. The topological polar surface area (TPSA) is 56.2 Å². The number of fused-ring (bicyclic) bond motifs is 1. The zero-order chi connectivity index (χ0) is 11.2. The van der Waals surface area contributed by atoms with Crippen LogP contribution in [-0.4, -0.2) is 21.1 Å². The highest BCUT2D eigenvalue weighted by molar-refractivity contribution is 6.30. The third-order valence-electron chi connectivity index (χ3n) is 3.47. The number of nitrogens with two attached hydrogens (primary N) is 1. The van der Waals surface area contributed by atoms with Gasteiger partial charge in [0.1, 0.15) is 0 Å². The normalized spacial score (nSPS) is 18.6. The van der Waals surface area contributed by atoms with Crippen LogP contribution < -0.4 is 5.73 Å². The van der Waals surface area contributed by atoms with E-state index in [0.717, 1.165) is 24.3 Å². The highest BCUT2D eigenvalue weighted by atomic mass is 35.5. The van der Waals surface area contributed by atoms with Crippen molar-refractivity contribution >= 4 is 17.2 Å². The van der Waals surface area contributed by atoms with E-state index >= 15 is 0 Å². The Balaban J connectivity index is 2.11. The Labute approximate surface area is 98.4 Å². The molecule has 1 aliphatic rings. The summed E-state index contributed by atoms with van der Waals surface area (Å²) in [5, 5.41) is 5.15. The molecule has 2 N–H and O–H groups in total. The molecule has 0 saturated heterocycles. The molecular formula is C11H13ClN4. The minimum atomic E-state index is 0.0124. The maximum absolute atomic E-state index is 5.91. The summed E-state index contributed by atoms with van der Waals surface area (Å²) in [5.74, 6) is 0.864. The van der Waals surface area contributed by atoms with E-state index in [1.54, 1.807) is 10.7 Å². The molecule has 0 bridgehead atoms. The minimum absolute atomic E-state index is 0.0124.